The Morgan fingerprint density at radius 3 is 2.82 bits per heavy atom. The topological polar surface area (TPSA) is 48.2 Å². The lowest BCUT2D eigenvalue weighted by Crippen LogP contribution is -1.83. The van der Waals surface area contributed by atoms with Crippen LogP contribution in [-0.4, -0.2) is 17.3 Å². The molecule has 0 radical (unpaired) electrons. The fourth-order valence-electron chi connectivity index (χ4n) is 1.89. The number of thioether (sulfide) groups is 1. The molecule has 0 bridgehead atoms. The summed E-state index contributed by atoms with van der Waals surface area (Å²) < 4.78 is 10.9. The zero-order valence-corrected chi connectivity index (χ0v) is 13.4. The van der Waals surface area contributed by atoms with Gasteiger partial charge in [-0.05, 0) is 30.3 Å². The maximum Gasteiger partial charge on any atom is 0.249 e. The molecule has 0 amide bonds. The Hall–Kier alpha value is -1.98. The first-order chi connectivity index (χ1) is 10.8. The van der Waals surface area contributed by atoms with Gasteiger partial charge in [0.2, 0.25) is 11.8 Å². The van der Waals surface area contributed by atoms with Gasteiger partial charge in [0.25, 0.3) is 0 Å². The van der Waals surface area contributed by atoms with Crippen molar-refractivity contribution in [2.24, 2.45) is 0 Å². The Labute approximate surface area is 137 Å². The zero-order valence-electron chi connectivity index (χ0n) is 11.8. The van der Waals surface area contributed by atoms with Crippen LogP contribution in [0.5, 0.6) is 5.75 Å². The van der Waals surface area contributed by atoms with Crippen molar-refractivity contribution >= 4 is 23.4 Å². The molecule has 3 rings (SSSR count). The SMILES string of the molecule is COc1cccc(SCc2nnc(-c3ccccc3Cl)o2)c1. The molecular weight excluding hydrogens is 320 g/mol. The maximum absolute atomic E-state index is 6.13. The molecule has 2 aromatic carbocycles. The van der Waals surface area contributed by atoms with Gasteiger partial charge in [-0.25, -0.2) is 0 Å². The summed E-state index contributed by atoms with van der Waals surface area (Å²) >= 11 is 7.73. The number of halogens is 1. The van der Waals surface area contributed by atoms with Crippen molar-refractivity contribution in [3.05, 3.63) is 59.4 Å². The van der Waals surface area contributed by atoms with Crippen molar-refractivity contribution < 1.29 is 9.15 Å². The van der Waals surface area contributed by atoms with E-state index in [1.54, 1.807) is 24.9 Å². The first kappa shape index (κ1) is 14.9. The zero-order chi connectivity index (χ0) is 15.4. The summed E-state index contributed by atoms with van der Waals surface area (Å²) in [5.74, 6) is 2.41. The smallest absolute Gasteiger partial charge is 0.249 e. The minimum Gasteiger partial charge on any atom is -0.497 e. The largest absolute Gasteiger partial charge is 0.497 e. The van der Waals surface area contributed by atoms with E-state index in [1.165, 1.54) is 0 Å². The predicted octanol–water partition coefficient (Wildman–Crippen LogP) is 4.69. The van der Waals surface area contributed by atoms with E-state index in [0.29, 0.717) is 22.6 Å². The average Bonchev–Trinajstić information content (AvgIpc) is 3.02. The van der Waals surface area contributed by atoms with Gasteiger partial charge in [0.1, 0.15) is 5.75 Å². The summed E-state index contributed by atoms with van der Waals surface area (Å²) in [7, 11) is 1.65. The van der Waals surface area contributed by atoms with E-state index in [0.717, 1.165) is 16.2 Å². The minimum atomic E-state index is 0.437. The van der Waals surface area contributed by atoms with Crippen molar-refractivity contribution in [1.82, 2.24) is 10.2 Å². The Morgan fingerprint density at radius 1 is 1.14 bits per heavy atom. The van der Waals surface area contributed by atoms with Crippen LogP contribution in [-0.2, 0) is 5.75 Å². The van der Waals surface area contributed by atoms with Crippen LogP contribution >= 0.6 is 23.4 Å². The summed E-state index contributed by atoms with van der Waals surface area (Å²) in [6, 6.07) is 15.2. The quantitative estimate of drug-likeness (QED) is 0.634. The van der Waals surface area contributed by atoms with E-state index in [4.69, 9.17) is 20.8 Å². The standard InChI is InChI=1S/C16H13ClN2O2S/c1-20-11-5-4-6-12(9-11)22-10-15-18-19-16(21-15)13-7-2-3-8-14(13)17/h2-9H,10H2,1H3. The summed E-state index contributed by atoms with van der Waals surface area (Å²) in [6.07, 6.45) is 0. The van der Waals surface area contributed by atoms with E-state index in [-0.39, 0.29) is 0 Å². The number of aromatic nitrogens is 2. The molecule has 0 fully saturated rings. The molecule has 0 atom stereocenters. The molecule has 0 saturated carbocycles. The van der Waals surface area contributed by atoms with E-state index in [2.05, 4.69) is 10.2 Å². The molecule has 6 heteroatoms. The summed E-state index contributed by atoms with van der Waals surface area (Å²) in [4.78, 5) is 1.08. The molecule has 112 valence electrons. The van der Waals surface area contributed by atoms with Gasteiger partial charge < -0.3 is 9.15 Å². The lowest BCUT2D eigenvalue weighted by atomic mass is 10.2. The Balaban J connectivity index is 1.71. The highest BCUT2D eigenvalue weighted by Crippen LogP contribution is 2.29. The van der Waals surface area contributed by atoms with Gasteiger partial charge in [0.05, 0.1) is 23.4 Å². The van der Waals surface area contributed by atoms with E-state index >= 15 is 0 Å². The molecule has 0 N–H and O–H groups in total. The molecule has 0 unspecified atom stereocenters. The van der Waals surface area contributed by atoms with Gasteiger partial charge >= 0.3 is 0 Å². The molecule has 0 saturated heterocycles. The van der Waals surface area contributed by atoms with Crippen LogP contribution in [0.4, 0.5) is 0 Å². The van der Waals surface area contributed by atoms with Gasteiger partial charge in [0.15, 0.2) is 0 Å². The number of hydrogen-bond donors (Lipinski definition) is 0. The molecule has 0 spiro atoms. The van der Waals surface area contributed by atoms with Crippen LogP contribution in [0.3, 0.4) is 0 Å². The van der Waals surface area contributed by atoms with Crippen molar-refractivity contribution in [3.8, 4) is 17.2 Å². The van der Waals surface area contributed by atoms with Crippen LogP contribution in [0.25, 0.3) is 11.5 Å². The minimum absolute atomic E-state index is 0.437. The molecule has 1 heterocycles. The second-order valence-electron chi connectivity index (χ2n) is 4.45. The molecule has 1 aromatic heterocycles. The molecule has 4 nitrogen and oxygen atoms in total. The van der Waals surface area contributed by atoms with Crippen LogP contribution < -0.4 is 4.74 Å². The van der Waals surface area contributed by atoms with Gasteiger partial charge in [-0.2, -0.15) is 0 Å². The number of rotatable bonds is 5. The second-order valence-corrected chi connectivity index (χ2v) is 5.90. The molecule has 0 aliphatic heterocycles. The van der Waals surface area contributed by atoms with Crippen LogP contribution in [0.1, 0.15) is 5.89 Å². The fourth-order valence-corrected chi connectivity index (χ4v) is 2.89. The van der Waals surface area contributed by atoms with Crippen molar-refractivity contribution in [1.29, 1.82) is 0 Å². The van der Waals surface area contributed by atoms with Crippen LogP contribution in [0.2, 0.25) is 5.02 Å². The van der Waals surface area contributed by atoms with Gasteiger partial charge in [-0.15, -0.1) is 22.0 Å². The Kier molecular flexibility index (Phi) is 4.65. The van der Waals surface area contributed by atoms with Crippen molar-refractivity contribution in [2.75, 3.05) is 7.11 Å². The molecule has 3 aromatic rings. The number of nitrogens with zero attached hydrogens (tertiary/aromatic N) is 2. The maximum atomic E-state index is 6.13. The first-order valence-electron chi connectivity index (χ1n) is 6.60. The Bertz CT molecular complexity index is 776. The van der Waals surface area contributed by atoms with Crippen molar-refractivity contribution in [3.63, 3.8) is 0 Å². The molecular formula is C16H13ClN2O2S. The Morgan fingerprint density at radius 2 is 2.00 bits per heavy atom. The van der Waals surface area contributed by atoms with Crippen LogP contribution in [0, 0.1) is 0 Å². The molecule has 22 heavy (non-hydrogen) atoms. The average molecular weight is 333 g/mol. The fraction of sp³-hybridized carbons (Fsp3) is 0.125. The normalized spacial score (nSPS) is 10.6. The monoisotopic (exact) mass is 332 g/mol. The third-order valence-corrected chi connectivity index (χ3v) is 4.28. The number of hydrogen-bond acceptors (Lipinski definition) is 5. The number of benzene rings is 2. The highest BCUT2D eigenvalue weighted by Gasteiger charge is 2.11. The van der Waals surface area contributed by atoms with Gasteiger partial charge in [-0.3, -0.25) is 0 Å². The first-order valence-corrected chi connectivity index (χ1v) is 7.97. The third-order valence-electron chi connectivity index (χ3n) is 2.97. The van der Waals surface area contributed by atoms with Gasteiger partial charge in [0, 0.05) is 4.90 Å². The predicted molar refractivity (Wildman–Crippen MR) is 87.3 cm³/mol. The van der Waals surface area contributed by atoms with E-state index < -0.39 is 0 Å². The third kappa shape index (κ3) is 3.43. The van der Waals surface area contributed by atoms with E-state index in [9.17, 15) is 0 Å². The van der Waals surface area contributed by atoms with E-state index in [1.807, 2.05) is 42.5 Å². The lowest BCUT2D eigenvalue weighted by Gasteiger charge is -2.02. The highest BCUT2D eigenvalue weighted by molar-refractivity contribution is 7.98. The van der Waals surface area contributed by atoms with Crippen LogP contribution in [0.15, 0.2) is 57.8 Å². The van der Waals surface area contributed by atoms with Crippen molar-refractivity contribution in [2.45, 2.75) is 10.6 Å². The summed E-state index contributed by atoms with van der Waals surface area (Å²) in [5.41, 5.74) is 0.745. The number of ether oxygens (including phenoxy) is 1. The molecule has 0 aliphatic rings. The second kappa shape index (κ2) is 6.85. The van der Waals surface area contributed by atoms with Gasteiger partial charge in [-0.1, -0.05) is 29.8 Å². The number of methoxy groups -OCH3 is 1. The lowest BCUT2D eigenvalue weighted by molar-refractivity contribution is 0.413. The summed E-state index contributed by atoms with van der Waals surface area (Å²) in [5, 5.41) is 8.71. The highest BCUT2D eigenvalue weighted by atomic mass is 35.5. The summed E-state index contributed by atoms with van der Waals surface area (Å²) in [6.45, 7) is 0. The molecule has 0 aliphatic carbocycles.